The second-order valence-electron chi connectivity index (χ2n) is 13.6. The highest BCUT2D eigenvalue weighted by Crippen LogP contribution is 2.68. The molecule has 32 heavy (non-hydrogen) atoms. The van der Waals surface area contributed by atoms with Crippen molar-refractivity contribution in [2.24, 2.45) is 52.3 Å². The van der Waals surface area contributed by atoms with E-state index < -0.39 is 0 Å². The lowest BCUT2D eigenvalue weighted by Crippen LogP contribution is -2.63. The van der Waals surface area contributed by atoms with Crippen LogP contribution in [0, 0.1) is 52.3 Å². The molecule has 3 aliphatic carbocycles. The number of hydrogen-bond donors (Lipinski definition) is 0. The highest BCUT2D eigenvalue weighted by molar-refractivity contribution is 5.77. The Morgan fingerprint density at radius 1 is 1.00 bits per heavy atom. The van der Waals surface area contributed by atoms with Gasteiger partial charge in [0.2, 0.25) is 5.91 Å². The fraction of sp³-hybridized carbons (Fsp3) is 0.967. The number of carbonyl (C=O) groups is 1. The second kappa shape index (κ2) is 9.26. The number of rotatable bonds is 7. The molecular weight excluding hydrogens is 390 g/mol. The van der Waals surface area contributed by atoms with Crippen LogP contribution in [0.15, 0.2) is 0 Å². The molecule has 3 saturated carbocycles. The summed E-state index contributed by atoms with van der Waals surface area (Å²) in [6, 6.07) is 0.484. The van der Waals surface area contributed by atoms with Gasteiger partial charge >= 0.3 is 0 Å². The van der Waals surface area contributed by atoms with Crippen molar-refractivity contribution in [2.45, 2.75) is 125 Å². The maximum absolute atomic E-state index is 12.6. The molecule has 184 valence electrons. The lowest BCUT2D eigenvalue weighted by Gasteiger charge is -2.64. The molecule has 1 heterocycles. The zero-order valence-electron chi connectivity index (χ0n) is 22.5. The molecule has 0 radical (unpaired) electrons. The first-order chi connectivity index (χ1) is 15.1. The third-order valence-electron chi connectivity index (χ3n) is 11.6. The maximum atomic E-state index is 12.6. The molecule has 0 aromatic heterocycles. The Morgan fingerprint density at radius 3 is 2.41 bits per heavy atom. The van der Waals surface area contributed by atoms with Crippen molar-refractivity contribution in [3.8, 4) is 0 Å². The minimum atomic E-state index is 0.347. The molecule has 0 bridgehead atoms. The summed E-state index contributed by atoms with van der Waals surface area (Å²) in [5.74, 6) is 6.56. The Balaban J connectivity index is 1.57. The minimum absolute atomic E-state index is 0.347. The third kappa shape index (κ3) is 3.98. The van der Waals surface area contributed by atoms with Crippen LogP contribution in [0.1, 0.15) is 119 Å². The number of nitrogens with zero attached hydrogens (tertiary/aromatic N) is 1. The summed E-state index contributed by atoms with van der Waals surface area (Å²) in [5, 5.41) is 0. The smallest absolute Gasteiger partial charge is 0.222 e. The van der Waals surface area contributed by atoms with Crippen molar-refractivity contribution in [1.29, 1.82) is 0 Å². The molecule has 0 aromatic rings. The van der Waals surface area contributed by atoms with Crippen LogP contribution in [0.2, 0.25) is 0 Å². The molecule has 0 spiro atoms. The summed E-state index contributed by atoms with van der Waals surface area (Å²) >= 11 is 0. The lowest BCUT2D eigenvalue weighted by atomic mass is 9.43. The van der Waals surface area contributed by atoms with Crippen LogP contribution >= 0.6 is 0 Å². The predicted molar refractivity (Wildman–Crippen MR) is 135 cm³/mol. The van der Waals surface area contributed by atoms with E-state index in [1.807, 2.05) is 0 Å². The molecule has 9 atom stereocenters. The summed E-state index contributed by atoms with van der Waals surface area (Å²) in [6.45, 7) is 15.0. The molecule has 4 fully saturated rings. The van der Waals surface area contributed by atoms with Gasteiger partial charge in [-0.3, -0.25) is 4.79 Å². The second-order valence-corrected chi connectivity index (χ2v) is 13.6. The Kier molecular flexibility index (Phi) is 7.11. The van der Waals surface area contributed by atoms with Crippen LogP contribution in [0.5, 0.6) is 0 Å². The first-order valence-corrected chi connectivity index (χ1v) is 14.4. The van der Waals surface area contributed by atoms with Crippen molar-refractivity contribution in [3.05, 3.63) is 0 Å². The van der Waals surface area contributed by atoms with Crippen LogP contribution in [0.25, 0.3) is 0 Å². The first kappa shape index (κ1) is 24.6. The maximum Gasteiger partial charge on any atom is 0.222 e. The molecule has 2 nitrogen and oxygen atoms in total. The predicted octanol–water partition coefficient (Wildman–Crippen LogP) is 7.95. The molecule has 1 aliphatic heterocycles. The van der Waals surface area contributed by atoms with E-state index in [9.17, 15) is 4.79 Å². The Hall–Kier alpha value is -0.530. The van der Waals surface area contributed by atoms with Crippen LogP contribution in [-0.4, -0.2) is 23.9 Å². The van der Waals surface area contributed by atoms with Gasteiger partial charge in [0.25, 0.3) is 0 Å². The SMILES string of the molecule is CCCC1CC2N(C)C(=O)CC[C@]2(C)[C@H]2CC[C@]3(C)[C@@H]([C@H](C)CCCC(C)C)CC[C@H]3[C@H]12. The van der Waals surface area contributed by atoms with Crippen molar-refractivity contribution in [2.75, 3.05) is 7.05 Å². The van der Waals surface area contributed by atoms with Crippen LogP contribution in [-0.2, 0) is 4.79 Å². The van der Waals surface area contributed by atoms with Gasteiger partial charge in [-0.05, 0) is 90.8 Å². The molecule has 0 N–H and O–H groups in total. The fourth-order valence-corrected chi connectivity index (χ4v) is 9.97. The van der Waals surface area contributed by atoms with E-state index in [4.69, 9.17) is 0 Å². The van der Waals surface area contributed by atoms with Crippen molar-refractivity contribution >= 4 is 5.91 Å². The average molecular weight is 444 g/mol. The Morgan fingerprint density at radius 2 is 1.72 bits per heavy atom. The van der Waals surface area contributed by atoms with E-state index in [2.05, 4.69) is 53.5 Å². The number of amides is 1. The monoisotopic (exact) mass is 443 g/mol. The standard InChI is InChI=1S/C30H53NO/c1-8-10-22-19-26-30(6,18-16-27(32)31(26)7)25-15-17-29(5)23(13-14-24(29)28(22)25)21(4)12-9-11-20(2)3/h20-26,28H,8-19H2,1-7H3/t21-,22?,23-,24+,25+,26?,28+,29-,30-/m1/s1. The van der Waals surface area contributed by atoms with E-state index in [-0.39, 0.29) is 0 Å². The van der Waals surface area contributed by atoms with Gasteiger partial charge < -0.3 is 4.90 Å². The van der Waals surface area contributed by atoms with Gasteiger partial charge in [0.15, 0.2) is 0 Å². The highest BCUT2D eigenvalue weighted by atomic mass is 16.2. The van der Waals surface area contributed by atoms with Gasteiger partial charge in [-0.15, -0.1) is 0 Å². The van der Waals surface area contributed by atoms with E-state index in [0.29, 0.717) is 22.8 Å². The number of carbonyl (C=O) groups excluding carboxylic acids is 1. The van der Waals surface area contributed by atoms with Gasteiger partial charge in [0.1, 0.15) is 0 Å². The topological polar surface area (TPSA) is 20.3 Å². The molecule has 2 unspecified atom stereocenters. The Labute approximate surface area is 199 Å². The van der Waals surface area contributed by atoms with Crippen molar-refractivity contribution < 1.29 is 4.79 Å². The van der Waals surface area contributed by atoms with Gasteiger partial charge in [-0.25, -0.2) is 0 Å². The van der Waals surface area contributed by atoms with Gasteiger partial charge in [-0.2, -0.15) is 0 Å². The van der Waals surface area contributed by atoms with E-state index in [0.717, 1.165) is 54.3 Å². The van der Waals surface area contributed by atoms with Crippen LogP contribution in [0.4, 0.5) is 0 Å². The number of piperidine rings is 1. The van der Waals surface area contributed by atoms with E-state index in [1.165, 1.54) is 64.2 Å². The molecular formula is C30H53NO. The fourth-order valence-electron chi connectivity index (χ4n) is 9.97. The summed E-state index contributed by atoms with van der Waals surface area (Å²) in [7, 11) is 2.12. The number of likely N-dealkylation sites (tertiary alicyclic amines) is 1. The first-order valence-electron chi connectivity index (χ1n) is 14.4. The van der Waals surface area contributed by atoms with Gasteiger partial charge in [0, 0.05) is 19.5 Å². The van der Waals surface area contributed by atoms with Gasteiger partial charge in [-0.1, -0.05) is 73.6 Å². The third-order valence-corrected chi connectivity index (χ3v) is 11.6. The van der Waals surface area contributed by atoms with Crippen LogP contribution < -0.4 is 0 Å². The van der Waals surface area contributed by atoms with Crippen LogP contribution in [0.3, 0.4) is 0 Å². The highest BCUT2D eigenvalue weighted by Gasteiger charge is 2.63. The van der Waals surface area contributed by atoms with Gasteiger partial charge in [0.05, 0.1) is 0 Å². The molecule has 0 aromatic carbocycles. The summed E-state index contributed by atoms with van der Waals surface area (Å²) in [4.78, 5) is 14.8. The summed E-state index contributed by atoms with van der Waals surface area (Å²) in [6.07, 6.45) is 15.9. The summed E-state index contributed by atoms with van der Waals surface area (Å²) < 4.78 is 0. The summed E-state index contributed by atoms with van der Waals surface area (Å²) in [5.41, 5.74) is 0.907. The zero-order chi connectivity index (χ0) is 23.3. The average Bonchev–Trinajstić information content (AvgIpc) is 3.09. The molecule has 1 saturated heterocycles. The molecule has 4 rings (SSSR count). The van der Waals surface area contributed by atoms with E-state index >= 15 is 0 Å². The molecule has 2 heteroatoms. The zero-order valence-corrected chi connectivity index (χ0v) is 22.5. The van der Waals surface area contributed by atoms with E-state index in [1.54, 1.807) is 0 Å². The largest absolute Gasteiger partial charge is 0.342 e. The number of fused-ring (bicyclic) bond motifs is 5. The number of hydrogen-bond acceptors (Lipinski definition) is 1. The molecule has 4 aliphatic rings. The quantitative estimate of drug-likeness (QED) is 0.391. The lowest BCUT2D eigenvalue weighted by molar-refractivity contribution is -0.169. The normalized spacial score (nSPS) is 44.9. The van der Waals surface area contributed by atoms with Crippen molar-refractivity contribution in [3.63, 3.8) is 0 Å². The van der Waals surface area contributed by atoms with Crippen molar-refractivity contribution in [1.82, 2.24) is 4.90 Å². The minimum Gasteiger partial charge on any atom is -0.342 e. The Bertz CT molecular complexity index is 672. The molecule has 1 amide bonds.